The molecule has 0 spiro atoms. The van der Waals surface area contributed by atoms with E-state index >= 15 is 0 Å². The van der Waals surface area contributed by atoms with Gasteiger partial charge in [0.15, 0.2) is 0 Å². The molecule has 4 rings (SSSR count). The number of hydroxylamine groups is 1. The van der Waals surface area contributed by atoms with E-state index in [4.69, 9.17) is 0 Å². The quantitative estimate of drug-likeness (QED) is 0.766. The van der Waals surface area contributed by atoms with E-state index in [1.165, 1.54) is 10.6 Å². The summed E-state index contributed by atoms with van der Waals surface area (Å²) in [6.45, 7) is 0.696. The molecule has 9 nitrogen and oxygen atoms in total. The van der Waals surface area contributed by atoms with Crippen LogP contribution in [0.1, 0.15) is 44.6 Å². The summed E-state index contributed by atoms with van der Waals surface area (Å²) < 4.78 is 26.5. The molecule has 10 heteroatoms. The molecule has 3 heterocycles. The molecule has 152 valence electrons. The molecule has 0 aromatic carbocycles. The molecule has 2 fully saturated rings. The van der Waals surface area contributed by atoms with Crippen LogP contribution in [0, 0.1) is 0 Å². The van der Waals surface area contributed by atoms with Crippen molar-refractivity contribution < 1.29 is 13.6 Å². The van der Waals surface area contributed by atoms with Crippen LogP contribution in [0.5, 0.6) is 0 Å². The van der Waals surface area contributed by atoms with E-state index < -0.39 is 10.0 Å². The van der Waals surface area contributed by atoms with Crippen molar-refractivity contribution in [1.29, 1.82) is 0 Å². The Balaban J connectivity index is 1.62. The number of pyridine rings is 1. The lowest BCUT2D eigenvalue weighted by atomic mass is 10.1. The predicted octanol–water partition coefficient (Wildman–Crippen LogP) is 1.53. The van der Waals surface area contributed by atoms with Crippen LogP contribution in [0.3, 0.4) is 0 Å². The molecule has 0 amide bonds. The molecule has 1 N–H and O–H groups in total. The third kappa shape index (κ3) is 3.63. The highest BCUT2D eigenvalue weighted by molar-refractivity contribution is 7.88. The minimum Gasteiger partial charge on any atom is -0.289 e. The normalized spacial score (nSPS) is 20.1. The molecule has 1 saturated heterocycles. The largest absolute Gasteiger partial charge is 0.289 e. The molecule has 1 saturated carbocycles. The number of aromatic nitrogens is 3. The maximum Gasteiger partial charge on any atom is 0.252 e. The Hall–Kier alpha value is -2.04. The fourth-order valence-electron chi connectivity index (χ4n) is 4.24. The first-order chi connectivity index (χ1) is 13.3. The number of nitrogens with zero attached hydrogens (tertiary/aromatic N) is 5. The summed E-state index contributed by atoms with van der Waals surface area (Å²) >= 11 is 0. The molecular formula is C18H25N5O4S. The standard InChI is InChI=1S/C18H25N5O4S/c1-28(26,27)21-10-8-15(9-11-21)23(25)18-19-12-13-6-7-16(24)22(17(13)20-18)14-4-2-3-5-14/h6-7,12,14-15,25H,2-5,8-11H2,1H3. The van der Waals surface area contributed by atoms with Crippen molar-refractivity contribution in [1.82, 2.24) is 18.8 Å². The van der Waals surface area contributed by atoms with Crippen LogP contribution < -0.4 is 10.6 Å². The first kappa shape index (κ1) is 19.3. The van der Waals surface area contributed by atoms with Crippen LogP contribution in [0.25, 0.3) is 11.0 Å². The van der Waals surface area contributed by atoms with Crippen molar-refractivity contribution in [3.8, 4) is 0 Å². The average Bonchev–Trinajstić information content (AvgIpc) is 3.20. The van der Waals surface area contributed by atoms with Crippen LogP contribution in [0.15, 0.2) is 23.1 Å². The van der Waals surface area contributed by atoms with E-state index in [0.717, 1.165) is 36.1 Å². The van der Waals surface area contributed by atoms with Crippen LogP contribution >= 0.6 is 0 Å². The van der Waals surface area contributed by atoms with Gasteiger partial charge < -0.3 is 0 Å². The lowest BCUT2D eigenvalue weighted by Crippen LogP contribution is -2.46. The third-order valence-corrected chi connectivity index (χ3v) is 7.09. The Morgan fingerprint density at radius 1 is 1.14 bits per heavy atom. The monoisotopic (exact) mass is 407 g/mol. The van der Waals surface area contributed by atoms with Gasteiger partial charge in [0, 0.05) is 36.8 Å². The summed E-state index contributed by atoms with van der Waals surface area (Å²) in [5, 5.41) is 12.5. The molecule has 1 aliphatic carbocycles. The van der Waals surface area contributed by atoms with E-state index in [0.29, 0.717) is 31.6 Å². The zero-order valence-corrected chi connectivity index (χ0v) is 16.7. The SMILES string of the molecule is CS(=O)(=O)N1CCC(N(O)c2ncc3ccc(=O)n(C4CCCC4)c3n2)CC1. The number of rotatable bonds is 4. The maximum absolute atomic E-state index is 12.5. The number of sulfonamides is 1. The second kappa shape index (κ2) is 7.41. The Labute approximate surface area is 163 Å². The second-order valence-electron chi connectivity index (χ2n) is 7.67. The first-order valence-corrected chi connectivity index (χ1v) is 11.5. The molecule has 28 heavy (non-hydrogen) atoms. The van der Waals surface area contributed by atoms with Crippen molar-refractivity contribution in [2.45, 2.75) is 50.6 Å². The zero-order chi connectivity index (χ0) is 19.9. The number of anilines is 1. The maximum atomic E-state index is 12.5. The minimum atomic E-state index is -3.22. The van der Waals surface area contributed by atoms with Gasteiger partial charge in [0.25, 0.3) is 11.5 Å². The first-order valence-electron chi connectivity index (χ1n) is 9.66. The smallest absolute Gasteiger partial charge is 0.252 e. The molecule has 0 radical (unpaired) electrons. The number of piperidine rings is 1. The van der Waals surface area contributed by atoms with Gasteiger partial charge in [-0.2, -0.15) is 4.98 Å². The average molecular weight is 407 g/mol. The van der Waals surface area contributed by atoms with Crippen molar-refractivity contribution in [3.05, 3.63) is 28.7 Å². The van der Waals surface area contributed by atoms with E-state index in [1.807, 2.05) is 0 Å². The van der Waals surface area contributed by atoms with Gasteiger partial charge in [0.2, 0.25) is 10.0 Å². The fourth-order valence-corrected chi connectivity index (χ4v) is 5.11. The Kier molecular flexibility index (Phi) is 5.11. The van der Waals surface area contributed by atoms with Crippen molar-refractivity contribution >= 4 is 27.0 Å². The third-order valence-electron chi connectivity index (χ3n) is 5.79. The molecule has 2 aromatic heterocycles. The van der Waals surface area contributed by atoms with E-state index in [1.54, 1.807) is 22.9 Å². The highest BCUT2D eigenvalue weighted by Crippen LogP contribution is 2.30. The van der Waals surface area contributed by atoms with E-state index in [2.05, 4.69) is 9.97 Å². The van der Waals surface area contributed by atoms with E-state index in [-0.39, 0.29) is 23.6 Å². The van der Waals surface area contributed by atoms with Crippen molar-refractivity contribution in [3.63, 3.8) is 0 Å². The summed E-state index contributed by atoms with van der Waals surface area (Å²) in [6, 6.07) is 3.11. The lowest BCUT2D eigenvalue weighted by molar-refractivity contribution is 0.171. The lowest BCUT2D eigenvalue weighted by Gasteiger charge is -2.34. The van der Waals surface area contributed by atoms with Gasteiger partial charge in [-0.15, -0.1) is 0 Å². The highest BCUT2D eigenvalue weighted by Gasteiger charge is 2.30. The van der Waals surface area contributed by atoms with Gasteiger partial charge in [0.1, 0.15) is 5.65 Å². The Bertz CT molecular complexity index is 1020. The minimum absolute atomic E-state index is 0.0880. The van der Waals surface area contributed by atoms with Crippen molar-refractivity contribution in [2.75, 3.05) is 24.4 Å². The summed E-state index contributed by atoms with van der Waals surface area (Å²) in [5.41, 5.74) is 0.451. The topological polar surface area (TPSA) is 109 Å². The second-order valence-corrected chi connectivity index (χ2v) is 9.65. The summed E-state index contributed by atoms with van der Waals surface area (Å²) in [5.74, 6) is 0.141. The molecule has 0 atom stereocenters. The predicted molar refractivity (Wildman–Crippen MR) is 105 cm³/mol. The van der Waals surface area contributed by atoms with Crippen LogP contribution in [-0.2, 0) is 10.0 Å². The number of hydrogen-bond donors (Lipinski definition) is 1. The van der Waals surface area contributed by atoms with Crippen LogP contribution in [-0.4, -0.2) is 57.9 Å². The number of fused-ring (bicyclic) bond motifs is 1. The van der Waals surface area contributed by atoms with Crippen LogP contribution in [0.4, 0.5) is 5.95 Å². The van der Waals surface area contributed by atoms with Gasteiger partial charge in [-0.25, -0.2) is 22.8 Å². The number of hydrogen-bond acceptors (Lipinski definition) is 7. The summed E-state index contributed by atoms with van der Waals surface area (Å²) in [7, 11) is -3.22. The Morgan fingerprint density at radius 2 is 1.82 bits per heavy atom. The van der Waals surface area contributed by atoms with Gasteiger partial charge >= 0.3 is 0 Å². The highest BCUT2D eigenvalue weighted by atomic mass is 32.2. The summed E-state index contributed by atoms with van der Waals surface area (Å²) in [4.78, 5) is 21.3. The molecule has 0 unspecified atom stereocenters. The molecular weight excluding hydrogens is 382 g/mol. The molecule has 0 bridgehead atoms. The fraction of sp³-hybridized carbons (Fsp3) is 0.611. The van der Waals surface area contributed by atoms with Crippen molar-refractivity contribution in [2.24, 2.45) is 0 Å². The van der Waals surface area contributed by atoms with E-state index in [9.17, 15) is 18.4 Å². The Morgan fingerprint density at radius 3 is 2.46 bits per heavy atom. The zero-order valence-electron chi connectivity index (χ0n) is 15.9. The van der Waals surface area contributed by atoms with Gasteiger partial charge in [-0.3, -0.25) is 14.6 Å². The summed E-state index contributed by atoms with van der Waals surface area (Å²) in [6.07, 6.45) is 7.86. The van der Waals surface area contributed by atoms with Gasteiger partial charge in [-0.1, -0.05) is 12.8 Å². The van der Waals surface area contributed by atoms with Gasteiger partial charge in [-0.05, 0) is 31.7 Å². The van der Waals surface area contributed by atoms with Gasteiger partial charge in [0.05, 0.1) is 12.3 Å². The molecule has 2 aliphatic rings. The molecule has 2 aromatic rings. The molecule has 1 aliphatic heterocycles. The van der Waals surface area contributed by atoms with Crippen LogP contribution in [0.2, 0.25) is 0 Å².